The molecular weight excluding hydrogens is 384 g/mol. The first-order valence-electron chi connectivity index (χ1n) is 9.01. The van der Waals surface area contributed by atoms with Crippen LogP contribution < -0.4 is 5.32 Å². The van der Waals surface area contributed by atoms with Gasteiger partial charge < -0.3 is 10.4 Å². The molecule has 0 aliphatic carbocycles. The van der Waals surface area contributed by atoms with Crippen molar-refractivity contribution in [2.45, 2.75) is 13.5 Å². The van der Waals surface area contributed by atoms with Gasteiger partial charge in [-0.05, 0) is 29.7 Å². The molecule has 2 N–H and O–H groups in total. The zero-order chi connectivity index (χ0) is 20.2. The second-order valence-corrected chi connectivity index (χ2v) is 7.49. The van der Waals surface area contributed by atoms with E-state index in [0.29, 0.717) is 18.1 Å². The van der Waals surface area contributed by atoms with Gasteiger partial charge in [0.1, 0.15) is 11.3 Å². The van der Waals surface area contributed by atoms with E-state index < -0.39 is 5.91 Å². The van der Waals surface area contributed by atoms with E-state index >= 15 is 0 Å². The smallest absolute Gasteiger partial charge is 0.258 e. The van der Waals surface area contributed by atoms with Crippen molar-refractivity contribution in [3.8, 4) is 28.5 Å². The number of thiazole rings is 1. The van der Waals surface area contributed by atoms with Gasteiger partial charge in [0.05, 0.1) is 5.01 Å². The third kappa shape index (κ3) is 4.30. The molecule has 29 heavy (non-hydrogen) atoms. The number of amides is 1. The Balaban J connectivity index is 1.46. The van der Waals surface area contributed by atoms with Gasteiger partial charge >= 0.3 is 0 Å². The maximum Gasteiger partial charge on any atom is 0.258 e. The number of aromatic nitrogens is 3. The molecule has 2 aromatic carbocycles. The summed E-state index contributed by atoms with van der Waals surface area (Å²) < 4.78 is 0. The molecule has 0 fully saturated rings. The molecule has 144 valence electrons. The van der Waals surface area contributed by atoms with Crippen LogP contribution in [0.3, 0.4) is 0 Å². The van der Waals surface area contributed by atoms with E-state index in [1.165, 1.54) is 17.5 Å². The van der Waals surface area contributed by atoms with Crippen LogP contribution in [-0.4, -0.2) is 26.0 Å². The minimum Gasteiger partial charge on any atom is -0.493 e. The van der Waals surface area contributed by atoms with Crippen LogP contribution in [0.25, 0.3) is 22.6 Å². The standard InChI is InChI=1S/C22H18N4O2S/c1-14-25-19(13-29-14)20-23-12-18(22(28)26-20)21(27)24-11-15-6-5-9-17(10-15)16-7-3-2-4-8-16/h2-10,12-13H,11H2,1H3,(H,24,27)(H,23,26,28). The van der Waals surface area contributed by atoms with Gasteiger partial charge in [-0.25, -0.2) is 9.97 Å². The van der Waals surface area contributed by atoms with Crippen LogP contribution in [-0.2, 0) is 6.54 Å². The highest BCUT2D eigenvalue weighted by Crippen LogP contribution is 2.22. The number of rotatable bonds is 5. The predicted octanol–water partition coefficient (Wildman–Crippen LogP) is 4.21. The Morgan fingerprint density at radius 3 is 2.59 bits per heavy atom. The van der Waals surface area contributed by atoms with Crippen LogP contribution in [0.4, 0.5) is 0 Å². The summed E-state index contributed by atoms with van der Waals surface area (Å²) in [5, 5.41) is 15.7. The van der Waals surface area contributed by atoms with Gasteiger partial charge in [-0.3, -0.25) is 4.79 Å². The minimum atomic E-state index is -0.436. The summed E-state index contributed by atoms with van der Waals surface area (Å²) in [7, 11) is 0. The van der Waals surface area contributed by atoms with E-state index in [1.54, 1.807) is 0 Å². The molecule has 2 aromatic heterocycles. The van der Waals surface area contributed by atoms with Crippen molar-refractivity contribution >= 4 is 17.2 Å². The SMILES string of the molecule is Cc1nc(-c2ncc(C(=O)NCc3cccc(-c4ccccc4)c3)c(O)n2)cs1. The molecule has 4 rings (SSSR count). The lowest BCUT2D eigenvalue weighted by atomic mass is 10.0. The largest absolute Gasteiger partial charge is 0.493 e. The van der Waals surface area contributed by atoms with Gasteiger partial charge in [-0.1, -0.05) is 48.5 Å². The molecule has 2 heterocycles. The van der Waals surface area contributed by atoms with Gasteiger partial charge in [-0.2, -0.15) is 4.98 Å². The van der Waals surface area contributed by atoms with Crippen LogP contribution >= 0.6 is 11.3 Å². The van der Waals surface area contributed by atoms with Gasteiger partial charge in [-0.15, -0.1) is 11.3 Å². The Morgan fingerprint density at radius 1 is 1.07 bits per heavy atom. The van der Waals surface area contributed by atoms with Gasteiger partial charge in [0.15, 0.2) is 5.82 Å². The average Bonchev–Trinajstić information content (AvgIpc) is 3.19. The zero-order valence-corrected chi connectivity index (χ0v) is 16.5. The van der Waals surface area contributed by atoms with Crippen LogP contribution in [0.1, 0.15) is 20.9 Å². The number of nitrogens with one attached hydrogen (secondary N) is 1. The summed E-state index contributed by atoms with van der Waals surface area (Å²) in [4.78, 5) is 24.9. The molecule has 0 aliphatic rings. The first kappa shape index (κ1) is 18.8. The highest BCUT2D eigenvalue weighted by atomic mass is 32.1. The van der Waals surface area contributed by atoms with Crippen LogP contribution in [0.5, 0.6) is 5.88 Å². The van der Waals surface area contributed by atoms with Crippen molar-refractivity contribution in [2.24, 2.45) is 0 Å². The Labute approximate surface area is 172 Å². The number of carbonyl (C=O) groups is 1. The molecule has 0 unspecified atom stereocenters. The molecule has 0 spiro atoms. The monoisotopic (exact) mass is 402 g/mol. The molecule has 7 heteroatoms. The van der Waals surface area contributed by atoms with E-state index in [0.717, 1.165) is 21.7 Å². The van der Waals surface area contributed by atoms with Crippen LogP contribution in [0.2, 0.25) is 0 Å². The third-order valence-electron chi connectivity index (χ3n) is 4.35. The molecular formula is C22H18N4O2S. The second-order valence-electron chi connectivity index (χ2n) is 6.43. The average molecular weight is 402 g/mol. The Kier molecular flexibility index (Phi) is 5.31. The van der Waals surface area contributed by atoms with Crippen molar-refractivity contribution < 1.29 is 9.90 Å². The first-order valence-corrected chi connectivity index (χ1v) is 9.89. The van der Waals surface area contributed by atoms with Gasteiger partial charge in [0, 0.05) is 18.1 Å². The summed E-state index contributed by atoms with van der Waals surface area (Å²) in [5.41, 5.74) is 3.74. The zero-order valence-electron chi connectivity index (χ0n) is 15.7. The molecule has 0 saturated carbocycles. The summed E-state index contributed by atoms with van der Waals surface area (Å²) in [6.07, 6.45) is 1.32. The third-order valence-corrected chi connectivity index (χ3v) is 5.12. The van der Waals surface area contributed by atoms with Gasteiger partial charge in [0.25, 0.3) is 5.91 Å². The van der Waals surface area contributed by atoms with E-state index in [-0.39, 0.29) is 11.4 Å². The fourth-order valence-electron chi connectivity index (χ4n) is 2.89. The maximum absolute atomic E-state index is 12.5. The number of carbonyl (C=O) groups excluding carboxylic acids is 1. The lowest BCUT2D eigenvalue weighted by Gasteiger charge is -2.09. The fourth-order valence-corrected chi connectivity index (χ4v) is 3.48. The molecule has 4 aromatic rings. The highest BCUT2D eigenvalue weighted by Gasteiger charge is 2.16. The molecule has 0 radical (unpaired) electrons. The Bertz CT molecular complexity index is 1160. The van der Waals surface area contributed by atoms with E-state index in [4.69, 9.17) is 0 Å². The summed E-state index contributed by atoms with van der Waals surface area (Å²) in [5.74, 6) is -0.510. The first-order chi connectivity index (χ1) is 14.1. The van der Waals surface area contributed by atoms with E-state index in [1.807, 2.05) is 66.9 Å². The lowest BCUT2D eigenvalue weighted by Crippen LogP contribution is -2.23. The molecule has 0 saturated heterocycles. The summed E-state index contributed by atoms with van der Waals surface area (Å²) in [6, 6.07) is 18.0. The quantitative estimate of drug-likeness (QED) is 0.522. The lowest BCUT2D eigenvalue weighted by molar-refractivity contribution is 0.0947. The second kappa shape index (κ2) is 8.20. The predicted molar refractivity (Wildman–Crippen MR) is 113 cm³/mol. The molecule has 0 bridgehead atoms. The minimum absolute atomic E-state index is 0.0277. The normalized spacial score (nSPS) is 10.7. The Morgan fingerprint density at radius 2 is 1.86 bits per heavy atom. The number of aryl methyl sites for hydroxylation is 1. The summed E-state index contributed by atoms with van der Waals surface area (Å²) >= 11 is 1.47. The van der Waals surface area contributed by atoms with Crippen molar-refractivity contribution in [3.05, 3.63) is 82.3 Å². The fraction of sp³-hybridized carbons (Fsp3) is 0.0909. The number of aromatic hydroxyl groups is 1. The molecule has 1 amide bonds. The molecule has 6 nitrogen and oxygen atoms in total. The summed E-state index contributed by atoms with van der Waals surface area (Å²) in [6.45, 7) is 2.20. The topological polar surface area (TPSA) is 88.0 Å². The molecule has 0 aliphatic heterocycles. The van der Waals surface area contributed by atoms with Crippen LogP contribution in [0.15, 0.2) is 66.2 Å². The maximum atomic E-state index is 12.5. The van der Waals surface area contributed by atoms with Gasteiger partial charge in [0.2, 0.25) is 5.88 Å². The number of nitrogens with zero attached hydrogens (tertiary/aromatic N) is 3. The van der Waals surface area contributed by atoms with E-state index in [9.17, 15) is 9.90 Å². The van der Waals surface area contributed by atoms with E-state index in [2.05, 4.69) is 20.3 Å². The Hall–Kier alpha value is -3.58. The number of hydrogen-bond donors (Lipinski definition) is 2. The van der Waals surface area contributed by atoms with Crippen molar-refractivity contribution in [2.75, 3.05) is 0 Å². The molecule has 0 atom stereocenters. The van der Waals surface area contributed by atoms with Crippen molar-refractivity contribution in [1.29, 1.82) is 0 Å². The van der Waals surface area contributed by atoms with Crippen molar-refractivity contribution in [3.63, 3.8) is 0 Å². The van der Waals surface area contributed by atoms with Crippen molar-refractivity contribution in [1.82, 2.24) is 20.3 Å². The number of benzene rings is 2. The highest BCUT2D eigenvalue weighted by molar-refractivity contribution is 7.09. The van der Waals surface area contributed by atoms with Crippen LogP contribution in [0, 0.1) is 6.92 Å². The number of hydrogen-bond acceptors (Lipinski definition) is 6.